The van der Waals surface area contributed by atoms with Crippen LogP contribution >= 0.6 is 11.6 Å². The van der Waals surface area contributed by atoms with Gasteiger partial charge in [0.25, 0.3) is 5.95 Å². The van der Waals surface area contributed by atoms with E-state index in [4.69, 9.17) is 17.3 Å². The second-order valence-electron chi connectivity index (χ2n) is 7.33. The summed E-state index contributed by atoms with van der Waals surface area (Å²) in [6, 6.07) is 5.12. The number of nitrogens with two attached hydrogens (primary N) is 1. The number of hydrogen-bond donors (Lipinski definition) is 1. The van der Waals surface area contributed by atoms with Crippen molar-refractivity contribution in [3.8, 4) is 5.95 Å². The third-order valence-electron chi connectivity index (χ3n) is 5.19. The van der Waals surface area contributed by atoms with Gasteiger partial charge in [-0.05, 0) is 19.1 Å². The summed E-state index contributed by atoms with van der Waals surface area (Å²) in [5.74, 6) is -0.501. The van der Waals surface area contributed by atoms with Crippen molar-refractivity contribution in [2.75, 3.05) is 43.4 Å². The molecule has 1 aromatic carbocycles. The molecule has 4 rings (SSSR count). The molecule has 1 saturated heterocycles. The van der Waals surface area contributed by atoms with Gasteiger partial charge in [-0.1, -0.05) is 23.8 Å². The number of nitrogen functional groups attached to an aromatic ring is 1. The Bertz CT molecular complexity index is 1070. The molecule has 2 N–H and O–H groups in total. The fourth-order valence-electron chi connectivity index (χ4n) is 3.54. The maximum Gasteiger partial charge on any atom is 0.254 e. The summed E-state index contributed by atoms with van der Waals surface area (Å²) in [6.45, 7) is 5.70. The predicted molar refractivity (Wildman–Crippen MR) is 117 cm³/mol. The number of halogens is 3. The molecule has 3 heterocycles. The molecule has 0 radical (unpaired) electrons. The summed E-state index contributed by atoms with van der Waals surface area (Å²) < 4.78 is 28.5. The molecule has 1 fully saturated rings. The van der Waals surface area contributed by atoms with Crippen molar-refractivity contribution in [2.24, 2.45) is 0 Å². The highest BCUT2D eigenvalue weighted by molar-refractivity contribution is 6.29. The Morgan fingerprint density at radius 1 is 1.06 bits per heavy atom. The van der Waals surface area contributed by atoms with Crippen LogP contribution in [0.5, 0.6) is 0 Å². The Morgan fingerprint density at radius 2 is 1.77 bits per heavy atom. The van der Waals surface area contributed by atoms with Crippen molar-refractivity contribution < 1.29 is 8.78 Å². The number of anilines is 2. The molecule has 162 valence electrons. The molecule has 2 aromatic heterocycles. The fourth-order valence-corrected chi connectivity index (χ4v) is 3.73. The lowest BCUT2D eigenvalue weighted by Gasteiger charge is -2.35. The minimum Gasteiger partial charge on any atom is -0.383 e. The van der Waals surface area contributed by atoms with Gasteiger partial charge in [-0.3, -0.25) is 4.90 Å². The molecule has 0 atom stereocenters. The Labute approximate surface area is 183 Å². The zero-order valence-corrected chi connectivity index (χ0v) is 17.7. The first kappa shape index (κ1) is 21.2. The zero-order chi connectivity index (χ0) is 22.0. The molecule has 7 nitrogen and oxygen atoms in total. The lowest BCUT2D eigenvalue weighted by molar-refractivity contribution is 0.284. The van der Waals surface area contributed by atoms with Crippen molar-refractivity contribution in [1.82, 2.24) is 24.6 Å². The topological polar surface area (TPSA) is 76.1 Å². The van der Waals surface area contributed by atoms with Gasteiger partial charge in [-0.2, -0.15) is 15.1 Å². The monoisotopic (exact) mass is 445 g/mol. The van der Waals surface area contributed by atoms with E-state index in [0.29, 0.717) is 24.7 Å². The second kappa shape index (κ2) is 8.99. The third kappa shape index (κ3) is 5.00. The van der Waals surface area contributed by atoms with E-state index in [1.807, 2.05) is 17.9 Å². The number of aromatic nitrogens is 4. The first-order valence-electron chi connectivity index (χ1n) is 9.84. The summed E-state index contributed by atoms with van der Waals surface area (Å²) in [5, 5.41) is 4.59. The lowest BCUT2D eigenvalue weighted by atomic mass is 10.2. The van der Waals surface area contributed by atoms with E-state index < -0.39 is 11.6 Å². The van der Waals surface area contributed by atoms with E-state index in [1.165, 1.54) is 18.2 Å². The van der Waals surface area contributed by atoms with Crippen LogP contribution < -0.4 is 10.6 Å². The van der Waals surface area contributed by atoms with Gasteiger partial charge in [0, 0.05) is 56.1 Å². The maximum absolute atomic E-state index is 13.5. The van der Waals surface area contributed by atoms with Gasteiger partial charge in [0.1, 0.15) is 22.6 Å². The van der Waals surface area contributed by atoms with Crippen LogP contribution in [0.15, 0.2) is 36.5 Å². The van der Waals surface area contributed by atoms with Crippen molar-refractivity contribution in [3.05, 3.63) is 64.6 Å². The van der Waals surface area contributed by atoms with Crippen LogP contribution in [0.3, 0.4) is 0 Å². The minimum atomic E-state index is -0.554. The van der Waals surface area contributed by atoms with Crippen LogP contribution in [-0.2, 0) is 0 Å². The molecule has 0 aliphatic carbocycles. The Balaban J connectivity index is 1.35. The minimum absolute atomic E-state index is 0.259. The van der Waals surface area contributed by atoms with Gasteiger partial charge < -0.3 is 10.6 Å². The standard InChI is InChI=1S/C21H22ClF2N7/c1-14-15(13-26-31(14)21-27-19(22)12-20(25)28-21)3-2-4-29-5-7-30(8-6-29)18-10-16(23)9-17(24)11-18/h2-3,9-13H,4-8H2,1H3,(H2,25,27,28). The first-order chi connectivity index (χ1) is 14.9. The number of nitrogens with zero attached hydrogens (tertiary/aromatic N) is 6. The molecule has 3 aromatic rings. The molecule has 0 spiro atoms. The normalized spacial score (nSPS) is 15.2. The van der Waals surface area contributed by atoms with Crippen LogP contribution in [0, 0.1) is 18.6 Å². The molecule has 10 heteroatoms. The van der Waals surface area contributed by atoms with Gasteiger partial charge in [0.15, 0.2) is 0 Å². The van der Waals surface area contributed by atoms with Gasteiger partial charge in [-0.15, -0.1) is 0 Å². The summed E-state index contributed by atoms with van der Waals surface area (Å²) >= 11 is 5.96. The predicted octanol–water partition coefficient (Wildman–Crippen LogP) is 3.32. The summed E-state index contributed by atoms with van der Waals surface area (Å²) in [7, 11) is 0. The smallest absolute Gasteiger partial charge is 0.254 e. The highest BCUT2D eigenvalue weighted by Crippen LogP contribution is 2.20. The second-order valence-corrected chi connectivity index (χ2v) is 7.72. The Hall–Kier alpha value is -3.04. The van der Waals surface area contributed by atoms with Crippen LogP contribution in [0.4, 0.5) is 20.3 Å². The Kier molecular flexibility index (Phi) is 6.15. The lowest BCUT2D eigenvalue weighted by Crippen LogP contribution is -2.46. The summed E-state index contributed by atoms with van der Waals surface area (Å²) in [4.78, 5) is 12.6. The summed E-state index contributed by atoms with van der Waals surface area (Å²) in [6.07, 6.45) is 5.81. The van der Waals surface area contributed by atoms with Crippen LogP contribution in [0.25, 0.3) is 12.0 Å². The molecule has 0 amide bonds. The quantitative estimate of drug-likeness (QED) is 0.607. The molecule has 0 bridgehead atoms. The van der Waals surface area contributed by atoms with E-state index in [2.05, 4.69) is 26.0 Å². The average Bonchev–Trinajstić information content (AvgIpc) is 3.07. The molecular formula is C21H22ClF2N7. The van der Waals surface area contributed by atoms with Gasteiger partial charge >= 0.3 is 0 Å². The molecule has 1 aliphatic heterocycles. The summed E-state index contributed by atoms with van der Waals surface area (Å²) in [5.41, 5.74) is 8.14. The zero-order valence-electron chi connectivity index (χ0n) is 17.0. The van der Waals surface area contributed by atoms with E-state index >= 15 is 0 Å². The molecule has 0 saturated carbocycles. The number of piperazine rings is 1. The van der Waals surface area contributed by atoms with Crippen molar-refractivity contribution in [2.45, 2.75) is 6.92 Å². The van der Waals surface area contributed by atoms with Gasteiger partial charge in [-0.25, -0.2) is 13.5 Å². The van der Waals surface area contributed by atoms with Crippen LogP contribution in [0.1, 0.15) is 11.3 Å². The van der Waals surface area contributed by atoms with Gasteiger partial charge in [0.2, 0.25) is 0 Å². The van der Waals surface area contributed by atoms with Gasteiger partial charge in [0.05, 0.1) is 11.9 Å². The number of rotatable bonds is 5. The van der Waals surface area contributed by atoms with Crippen LogP contribution in [-0.4, -0.2) is 57.4 Å². The van der Waals surface area contributed by atoms with E-state index in [1.54, 1.807) is 10.9 Å². The third-order valence-corrected chi connectivity index (χ3v) is 5.38. The first-order valence-corrected chi connectivity index (χ1v) is 10.2. The van der Waals surface area contributed by atoms with E-state index in [9.17, 15) is 8.78 Å². The SMILES string of the molecule is Cc1c(C=CCN2CCN(c3cc(F)cc(F)c3)CC2)cnn1-c1nc(N)cc(Cl)n1. The van der Waals surface area contributed by atoms with Crippen molar-refractivity contribution in [3.63, 3.8) is 0 Å². The number of hydrogen-bond acceptors (Lipinski definition) is 6. The highest BCUT2D eigenvalue weighted by atomic mass is 35.5. The molecular weight excluding hydrogens is 424 g/mol. The van der Waals surface area contributed by atoms with Crippen molar-refractivity contribution >= 4 is 29.2 Å². The maximum atomic E-state index is 13.5. The fraction of sp³-hybridized carbons (Fsp3) is 0.286. The van der Waals surface area contributed by atoms with Crippen molar-refractivity contribution in [1.29, 1.82) is 0 Å². The molecule has 31 heavy (non-hydrogen) atoms. The van der Waals surface area contributed by atoms with E-state index in [-0.39, 0.29) is 11.0 Å². The average molecular weight is 446 g/mol. The molecule has 0 unspecified atom stereocenters. The Morgan fingerprint density at radius 3 is 2.45 bits per heavy atom. The highest BCUT2D eigenvalue weighted by Gasteiger charge is 2.17. The van der Waals surface area contributed by atoms with E-state index in [0.717, 1.165) is 37.0 Å². The number of benzene rings is 1. The largest absolute Gasteiger partial charge is 0.383 e. The molecule has 1 aliphatic rings. The van der Waals surface area contributed by atoms with Crippen LogP contribution in [0.2, 0.25) is 5.15 Å².